The minimum atomic E-state index is 0.474. The quantitative estimate of drug-likeness (QED) is 0.699. The van der Waals surface area contributed by atoms with Crippen LogP contribution < -0.4 is 0 Å². The van der Waals surface area contributed by atoms with E-state index in [0.29, 0.717) is 6.04 Å². The Balaban J connectivity index is 1.97. The van der Waals surface area contributed by atoms with E-state index < -0.39 is 0 Å². The van der Waals surface area contributed by atoms with Gasteiger partial charge in [-0.15, -0.1) is 0 Å². The molecule has 4 nitrogen and oxygen atoms in total. The SMILES string of the molecule is CCc1cnn(C2CCN(C=O)CC2)c1. The summed E-state index contributed by atoms with van der Waals surface area (Å²) in [5, 5.41) is 4.37. The Kier molecular flexibility index (Phi) is 3.04. The van der Waals surface area contributed by atoms with E-state index >= 15 is 0 Å². The van der Waals surface area contributed by atoms with Crippen LogP contribution in [0.2, 0.25) is 0 Å². The summed E-state index contributed by atoms with van der Waals surface area (Å²) in [5.41, 5.74) is 1.29. The van der Waals surface area contributed by atoms with Gasteiger partial charge in [0.1, 0.15) is 0 Å². The van der Waals surface area contributed by atoms with E-state index in [0.717, 1.165) is 38.8 Å². The molecule has 2 rings (SSSR count). The number of rotatable bonds is 3. The topological polar surface area (TPSA) is 38.1 Å². The van der Waals surface area contributed by atoms with Crippen molar-refractivity contribution >= 4 is 6.41 Å². The van der Waals surface area contributed by atoms with E-state index in [1.165, 1.54) is 5.56 Å². The van der Waals surface area contributed by atoms with E-state index in [9.17, 15) is 4.79 Å². The third kappa shape index (κ3) is 2.19. The van der Waals surface area contributed by atoms with Crippen LogP contribution in [0.25, 0.3) is 0 Å². The fraction of sp³-hybridized carbons (Fsp3) is 0.636. The van der Waals surface area contributed by atoms with Crippen molar-refractivity contribution in [3.8, 4) is 0 Å². The lowest BCUT2D eigenvalue weighted by molar-refractivity contribution is -0.119. The lowest BCUT2D eigenvalue weighted by Gasteiger charge is -2.29. The molecule has 1 aromatic rings. The minimum Gasteiger partial charge on any atom is -0.345 e. The first-order chi connectivity index (χ1) is 7.33. The lowest BCUT2D eigenvalue weighted by Crippen LogP contribution is -2.33. The van der Waals surface area contributed by atoms with Crippen LogP contribution in [-0.2, 0) is 11.2 Å². The lowest BCUT2D eigenvalue weighted by atomic mass is 10.1. The van der Waals surface area contributed by atoms with Gasteiger partial charge in [-0.2, -0.15) is 5.10 Å². The molecule has 0 bridgehead atoms. The van der Waals surface area contributed by atoms with Crippen molar-refractivity contribution in [1.82, 2.24) is 14.7 Å². The van der Waals surface area contributed by atoms with Gasteiger partial charge < -0.3 is 4.90 Å². The number of aryl methyl sites for hydroxylation is 1. The van der Waals surface area contributed by atoms with E-state index in [4.69, 9.17) is 0 Å². The van der Waals surface area contributed by atoms with Gasteiger partial charge in [-0.25, -0.2) is 0 Å². The van der Waals surface area contributed by atoms with Gasteiger partial charge in [0.25, 0.3) is 0 Å². The Bertz CT molecular complexity index is 326. The molecule has 0 N–H and O–H groups in total. The van der Waals surface area contributed by atoms with Gasteiger partial charge >= 0.3 is 0 Å². The molecule has 0 aromatic carbocycles. The number of likely N-dealkylation sites (tertiary alicyclic amines) is 1. The molecule has 1 aliphatic heterocycles. The maximum absolute atomic E-state index is 10.6. The highest BCUT2D eigenvalue weighted by molar-refractivity contribution is 5.47. The zero-order chi connectivity index (χ0) is 10.7. The first-order valence-electron chi connectivity index (χ1n) is 5.56. The molecule has 1 saturated heterocycles. The summed E-state index contributed by atoms with van der Waals surface area (Å²) in [6, 6.07) is 0.474. The molecule has 0 saturated carbocycles. The number of carbonyl (C=O) groups excluding carboxylic acids is 1. The third-order valence-corrected chi connectivity index (χ3v) is 3.09. The molecule has 1 aliphatic rings. The maximum Gasteiger partial charge on any atom is 0.209 e. The predicted octanol–water partition coefficient (Wildman–Crippen LogP) is 1.24. The number of hydrogen-bond acceptors (Lipinski definition) is 2. The number of hydrogen-bond donors (Lipinski definition) is 0. The van der Waals surface area contributed by atoms with Crippen LogP contribution in [0, 0.1) is 0 Å². The van der Waals surface area contributed by atoms with E-state index in [-0.39, 0.29) is 0 Å². The predicted molar refractivity (Wildman–Crippen MR) is 57.5 cm³/mol. The molecule has 0 unspecified atom stereocenters. The summed E-state index contributed by atoms with van der Waals surface area (Å²) in [6.45, 7) is 3.85. The fourth-order valence-electron chi connectivity index (χ4n) is 2.02. The third-order valence-electron chi connectivity index (χ3n) is 3.09. The summed E-state index contributed by atoms with van der Waals surface area (Å²) in [5.74, 6) is 0. The Morgan fingerprint density at radius 2 is 2.27 bits per heavy atom. The van der Waals surface area contributed by atoms with E-state index in [2.05, 4.69) is 22.9 Å². The summed E-state index contributed by atoms with van der Waals surface area (Å²) in [7, 11) is 0. The van der Waals surface area contributed by atoms with Crippen molar-refractivity contribution in [2.75, 3.05) is 13.1 Å². The van der Waals surface area contributed by atoms with Crippen LogP contribution in [0.4, 0.5) is 0 Å². The van der Waals surface area contributed by atoms with Crippen LogP contribution in [0.3, 0.4) is 0 Å². The molecule has 0 spiro atoms. The zero-order valence-corrected chi connectivity index (χ0v) is 9.09. The molecule has 0 atom stereocenters. The molecular formula is C11H17N3O. The van der Waals surface area contributed by atoms with Gasteiger partial charge in [0.2, 0.25) is 6.41 Å². The Morgan fingerprint density at radius 3 is 2.80 bits per heavy atom. The van der Waals surface area contributed by atoms with E-state index in [1.807, 2.05) is 11.1 Å². The molecule has 0 aliphatic carbocycles. The van der Waals surface area contributed by atoms with Gasteiger partial charge in [-0.05, 0) is 24.8 Å². The molecule has 1 amide bonds. The molecule has 4 heteroatoms. The highest BCUT2D eigenvalue weighted by Gasteiger charge is 2.19. The number of piperidine rings is 1. The Morgan fingerprint density at radius 1 is 1.53 bits per heavy atom. The maximum atomic E-state index is 10.6. The van der Waals surface area contributed by atoms with Crippen LogP contribution >= 0.6 is 0 Å². The van der Waals surface area contributed by atoms with Crippen LogP contribution in [0.5, 0.6) is 0 Å². The average Bonchev–Trinajstić information content (AvgIpc) is 2.78. The Hall–Kier alpha value is -1.32. The molecule has 1 fully saturated rings. The van der Waals surface area contributed by atoms with Gasteiger partial charge in [0.15, 0.2) is 0 Å². The van der Waals surface area contributed by atoms with Crippen LogP contribution in [0.15, 0.2) is 12.4 Å². The summed E-state index contributed by atoms with van der Waals surface area (Å²) >= 11 is 0. The largest absolute Gasteiger partial charge is 0.345 e. The molecule has 1 aromatic heterocycles. The second-order valence-electron chi connectivity index (χ2n) is 4.05. The highest BCUT2D eigenvalue weighted by atomic mass is 16.1. The minimum absolute atomic E-state index is 0.474. The molecular weight excluding hydrogens is 190 g/mol. The number of carbonyl (C=O) groups is 1. The van der Waals surface area contributed by atoms with Crippen LogP contribution in [0.1, 0.15) is 31.4 Å². The number of amides is 1. The first-order valence-corrected chi connectivity index (χ1v) is 5.56. The summed E-state index contributed by atoms with van der Waals surface area (Å²) < 4.78 is 2.06. The average molecular weight is 207 g/mol. The van der Waals surface area contributed by atoms with Gasteiger partial charge in [0, 0.05) is 19.3 Å². The Labute approximate surface area is 89.9 Å². The smallest absolute Gasteiger partial charge is 0.209 e. The summed E-state index contributed by atoms with van der Waals surface area (Å²) in [4.78, 5) is 12.4. The fourth-order valence-corrected chi connectivity index (χ4v) is 2.02. The summed E-state index contributed by atoms with van der Waals surface area (Å²) in [6.07, 6.45) is 8.07. The van der Waals surface area contributed by atoms with Crippen molar-refractivity contribution in [2.45, 2.75) is 32.2 Å². The van der Waals surface area contributed by atoms with Crippen molar-refractivity contribution < 1.29 is 4.79 Å². The molecule has 15 heavy (non-hydrogen) atoms. The second kappa shape index (κ2) is 4.47. The van der Waals surface area contributed by atoms with Gasteiger partial charge in [0.05, 0.1) is 12.2 Å². The highest BCUT2D eigenvalue weighted by Crippen LogP contribution is 2.21. The number of aromatic nitrogens is 2. The van der Waals surface area contributed by atoms with Gasteiger partial charge in [-0.1, -0.05) is 6.92 Å². The number of nitrogens with zero attached hydrogens (tertiary/aromatic N) is 3. The zero-order valence-electron chi connectivity index (χ0n) is 9.09. The first kappa shape index (κ1) is 10.2. The van der Waals surface area contributed by atoms with Crippen molar-refractivity contribution in [1.29, 1.82) is 0 Å². The monoisotopic (exact) mass is 207 g/mol. The normalized spacial score (nSPS) is 18.1. The van der Waals surface area contributed by atoms with Crippen molar-refractivity contribution in [2.24, 2.45) is 0 Å². The van der Waals surface area contributed by atoms with E-state index in [1.54, 1.807) is 0 Å². The van der Waals surface area contributed by atoms with Crippen molar-refractivity contribution in [3.05, 3.63) is 18.0 Å². The van der Waals surface area contributed by atoms with Gasteiger partial charge in [-0.3, -0.25) is 9.48 Å². The molecule has 82 valence electrons. The molecule has 0 radical (unpaired) electrons. The molecule has 2 heterocycles. The second-order valence-corrected chi connectivity index (χ2v) is 4.05. The standard InChI is InChI=1S/C11H17N3O/c1-2-10-7-12-14(8-10)11-3-5-13(9-15)6-4-11/h7-9,11H,2-6H2,1H3. The van der Waals surface area contributed by atoms with Crippen molar-refractivity contribution in [3.63, 3.8) is 0 Å². The van der Waals surface area contributed by atoms with Crippen LogP contribution in [-0.4, -0.2) is 34.2 Å².